The highest BCUT2D eigenvalue weighted by atomic mass is 32.2. The lowest BCUT2D eigenvalue weighted by molar-refractivity contribution is -0.140. The normalized spacial score (nSPS) is 15.0. The van der Waals surface area contributed by atoms with Crippen LogP contribution in [-0.2, 0) is 9.59 Å². The van der Waals surface area contributed by atoms with Crippen molar-refractivity contribution in [3.05, 3.63) is 36.4 Å². The van der Waals surface area contributed by atoms with Gasteiger partial charge < -0.3 is 0 Å². The SMILES string of the molecule is O=C1CCCN1C(=O)CSc1ccc2ccccc2n1. The zero-order chi connectivity index (χ0) is 13.9. The Morgan fingerprint density at radius 3 is 2.90 bits per heavy atom. The van der Waals surface area contributed by atoms with Crippen LogP contribution in [0.3, 0.4) is 0 Å². The first-order valence-corrected chi connectivity index (χ1v) is 7.54. The summed E-state index contributed by atoms with van der Waals surface area (Å²) >= 11 is 1.38. The van der Waals surface area contributed by atoms with Gasteiger partial charge in [-0.3, -0.25) is 14.5 Å². The number of thioether (sulfide) groups is 1. The summed E-state index contributed by atoms with van der Waals surface area (Å²) in [6.45, 7) is 0.559. The van der Waals surface area contributed by atoms with Gasteiger partial charge >= 0.3 is 0 Å². The van der Waals surface area contributed by atoms with Crippen molar-refractivity contribution in [1.29, 1.82) is 0 Å². The number of carbonyl (C=O) groups is 2. The quantitative estimate of drug-likeness (QED) is 0.813. The van der Waals surface area contributed by atoms with Crippen LogP contribution in [0.2, 0.25) is 0 Å². The second-order valence-corrected chi connectivity index (χ2v) is 5.67. The summed E-state index contributed by atoms with van der Waals surface area (Å²) < 4.78 is 0. The summed E-state index contributed by atoms with van der Waals surface area (Å²) in [4.78, 5) is 29.3. The van der Waals surface area contributed by atoms with Crippen molar-refractivity contribution in [1.82, 2.24) is 9.88 Å². The predicted molar refractivity (Wildman–Crippen MR) is 78.4 cm³/mol. The number of benzene rings is 1. The molecule has 0 spiro atoms. The smallest absolute Gasteiger partial charge is 0.239 e. The zero-order valence-corrected chi connectivity index (χ0v) is 11.7. The Balaban J connectivity index is 1.67. The molecule has 2 amide bonds. The van der Waals surface area contributed by atoms with Gasteiger partial charge in [-0.2, -0.15) is 0 Å². The van der Waals surface area contributed by atoms with E-state index in [0.717, 1.165) is 22.3 Å². The van der Waals surface area contributed by atoms with E-state index in [1.807, 2.05) is 36.4 Å². The van der Waals surface area contributed by atoms with Crippen molar-refractivity contribution in [2.45, 2.75) is 17.9 Å². The molecule has 1 fully saturated rings. The lowest BCUT2D eigenvalue weighted by Gasteiger charge is -2.12. The maximum absolute atomic E-state index is 11.9. The first-order valence-electron chi connectivity index (χ1n) is 6.56. The minimum absolute atomic E-state index is 0.0536. The van der Waals surface area contributed by atoms with Gasteiger partial charge in [-0.05, 0) is 18.6 Å². The number of imide groups is 1. The number of rotatable bonds is 3. The van der Waals surface area contributed by atoms with Crippen LogP contribution in [0.1, 0.15) is 12.8 Å². The highest BCUT2D eigenvalue weighted by molar-refractivity contribution is 7.99. The predicted octanol–water partition coefficient (Wildman–Crippen LogP) is 2.48. The van der Waals surface area contributed by atoms with Crippen molar-refractivity contribution < 1.29 is 9.59 Å². The van der Waals surface area contributed by atoms with E-state index in [1.54, 1.807) is 0 Å². The van der Waals surface area contributed by atoms with Crippen LogP contribution in [0.5, 0.6) is 0 Å². The third-order valence-corrected chi connectivity index (χ3v) is 4.21. The molecule has 102 valence electrons. The van der Waals surface area contributed by atoms with Gasteiger partial charge in [0, 0.05) is 18.4 Å². The molecular weight excluding hydrogens is 272 g/mol. The Bertz CT molecular complexity index is 672. The van der Waals surface area contributed by atoms with E-state index in [4.69, 9.17) is 0 Å². The van der Waals surface area contributed by atoms with E-state index in [9.17, 15) is 9.59 Å². The molecule has 2 heterocycles. The molecular formula is C15H14N2O2S. The van der Waals surface area contributed by atoms with Gasteiger partial charge in [0.2, 0.25) is 11.8 Å². The first kappa shape index (κ1) is 13.1. The number of aromatic nitrogens is 1. The topological polar surface area (TPSA) is 50.3 Å². The third kappa shape index (κ3) is 2.67. The van der Waals surface area contributed by atoms with Crippen LogP contribution in [0, 0.1) is 0 Å². The number of amides is 2. The van der Waals surface area contributed by atoms with E-state index < -0.39 is 0 Å². The average Bonchev–Trinajstić information content (AvgIpc) is 2.91. The van der Waals surface area contributed by atoms with Gasteiger partial charge in [0.15, 0.2) is 0 Å². The number of hydrogen-bond acceptors (Lipinski definition) is 4. The summed E-state index contributed by atoms with van der Waals surface area (Å²) in [6.07, 6.45) is 1.27. The van der Waals surface area contributed by atoms with Gasteiger partial charge in [-0.25, -0.2) is 4.98 Å². The van der Waals surface area contributed by atoms with E-state index in [1.165, 1.54) is 16.7 Å². The highest BCUT2D eigenvalue weighted by Gasteiger charge is 2.26. The zero-order valence-electron chi connectivity index (χ0n) is 10.9. The number of pyridine rings is 1. The first-order chi connectivity index (χ1) is 9.74. The monoisotopic (exact) mass is 286 g/mol. The number of carbonyl (C=O) groups excluding carboxylic acids is 2. The van der Waals surface area contributed by atoms with E-state index >= 15 is 0 Å². The van der Waals surface area contributed by atoms with Crippen molar-refractivity contribution in [3.8, 4) is 0 Å². The number of hydrogen-bond donors (Lipinski definition) is 0. The molecule has 0 unspecified atom stereocenters. The maximum Gasteiger partial charge on any atom is 0.239 e. The van der Waals surface area contributed by atoms with Gasteiger partial charge in [0.05, 0.1) is 16.3 Å². The Kier molecular flexibility index (Phi) is 3.69. The largest absolute Gasteiger partial charge is 0.282 e. The second-order valence-electron chi connectivity index (χ2n) is 4.67. The molecule has 1 aromatic heterocycles. The van der Waals surface area contributed by atoms with E-state index in [2.05, 4.69) is 4.98 Å². The molecule has 20 heavy (non-hydrogen) atoms. The molecule has 0 bridgehead atoms. The average molecular weight is 286 g/mol. The van der Waals surface area contributed by atoms with Gasteiger partial charge in [-0.15, -0.1) is 0 Å². The van der Waals surface area contributed by atoms with Crippen LogP contribution < -0.4 is 0 Å². The Morgan fingerprint density at radius 1 is 1.25 bits per heavy atom. The molecule has 5 heteroatoms. The highest BCUT2D eigenvalue weighted by Crippen LogP contribution is 2.21. The molecule has 1 aliphatic heterocycles. The summed E-state index contributed by atoms with van der Waals surface area (Å²) in [5, 5.41) is 1.89. The molecule has 1 aliphatic rings. The molecule has 2 aromatic rings. The molecule has 4 nitrogen and oxygen atoms in total. The molecule has 1 saturated heterocycles. The Hall–Kier alpha value is -1.88. The van der Waals surface area contributed by atoms with E-state index in [0.29, 0.717) is 13.0 Å². The number of para-hydroxylation sites is 1. The van der Waals surface area contributed by atoms with Crippen molar-refractivity contribution in [2.75, 3.05) is 12.3 Å². The van der Waals surface area contributed by atoms with E-state index in [-0.39, 0.29) is 17.6 Å². The Morgan fingerprint density at radius 2 is 2.10 bits per heavy atom. The molecule has 0 atom stereocenters. The Labute approximate surface area is 121 Å². The second kappa shape index (κ2) is 5.63. The molecule has 0 aliphatic carbocycles. The minimum atomic E-state index is -0.118. The van der Waals surface area contributed by atoms with Crippen LogP contribution >= 0.6 is 11.8 Å². The minimum Gasteiger partial charge on any atom is -0.282 e. The molecule has 0 saturated carbocycles. The number of nitrogens with zero attached hydrogens (tertiary/aromatic N) is 2. The van der Waals surface area contributed by atoms with Gasteiger partial charge in [0.1, 0.15) is 0 Å². The maximum atomic E-state index is 11.9. The fourth-order valence-corrected chi connectivity index (χ4v) is 3.01. The summed E-state index contributed by atoms with van der Waals surface area (Å²) in [5.74, 6) is 0.0893. The number of likely N-dealkylation sites (tertiary alicyclic amines) is 1. The third-order valence-electron chi connectivity index (χ3n) is 3.29. The van der Waals surface area contributed by atoms with Crippen LogP contribution in [0.15, 0.2) is 41.4 Å². The van der Waals surface area contributed by atoms with Crippen LogP contribution in [0.4, 0.5) is 0 Å². The van der Waals surface area contributed by atoms with Crippen molar-refractivity contribution in [2.24, 2.45) is 0 Å². The van der Waals surface area contributed by atoms with Crippen molar-refractivity contribution in [3.63, 3.8) is 0 Å². The van der Waals surface area contributed by atoms with Crippen LogP contribution in [-0.4, -0.2) is 34.0 Å². The lowest BCUT2D eigenvalue weighted by Crippen LogP contribution is -2.33. The lowest BCUT2D eigenvalue weighted by atomic mass is 10.2. The summed E-state index contributed by atoms with van der Waals surface area (Å²) in [6, 6.07) is 11.8. The fraction of sp³-hybridized carbons (Fsp3) is 0.267. The summed E-state index contributed by atoms with van der Waals surface area (Å²) in [5.41, 5.74) is 0.919. The van der Waals surface area contributed by atoms with Crippen LogP contribution in [0.25, 0.3) is 10.9 Å². The van der Waals surface area contributed by atoms with Crippen molar-refractivity contribution >= 4 is 34.5 Å². The van der Waals surface area contributed by atoms with Gasteiger partial charge in [-0.1, -0.05) is 36.0 Å². The molecule has 0 N–H and O–H groups in total. The summed E-state index contributed by atoms with van der Waals surface area (Å²) in [7, 11) is 0. The molecule has 0 radical (unpaired) electrons. The molecule has 3 rings (SSSR count). The molecule has 1 aromatic carbocycles. The number of fused-ring (bicyclic) bond motifs is 1. The standard InChI is InChI=1S/C15H14N2O2S/c18-14-6-3-9-17(14)15(19)10-20-13-8-7-11-4-1-2-5-12(11)16-13/h1-2,4-5,7-8H,3,6,9-10H2. The van der Waals surface area contributed by atoms with Gasteiger partial charge in [0.25, 0.3) is 0 Å². The fourth-order valence-electron chi connectivity index (χ4n) is 2.25.